The van der Waals surface area contributed by atoms with Crippen LogP contribution in [0.25, 0.3) is 0 Å². The second-order valence-electron chi connectivity index (χ2n) is 5.50. The zero-order valence-corrected chi connectivity index (χ0v) is 10.6. The molecule has 1 N–H and O–H groups in total. The highest BCUT2D eigenvalue weighted by Crippen LogP contribution is 2.26. The predicted octanol–water partition coefficient (Wildman–Crippen LogP) is 2.53. The topological polar surface area (TPSA) is 21.3 Å². The number of hydrogen-bond donors (Lipinski definition) is 1. The van der Waals surface area contributed by atoms with Crippen molar-refractivity contribution < 1.29 is 9.13 Å². The Hall–Kier alpha value is -0.930. The molecule has 2 atom stereocenters. The third-order valence-electron chi connectivity index (χ3n) is 3.91. The monoisotopic (exact) mass is 249 g/mol. The molecule has 0 amide bonds. The van der Waals surface area contributed by atoms with Crippen LogP contribution < -0.4 is 5.32 Å². The standard InChI is InChI=1S/C15H20FNO/c16-13-3-1-11(2-4-13)9-12-10-18-8-7-15(12)17-14-5-6-14/h1-4,12,14-15,17H,5-10H2/t12-,15-/m0/s1. The maximum absolute atomic E-state index is 12.9. The number of benzene rings is 1. The molecule has 1 heterocycles. The summed E-state index contributed by atoms with van der Waals surface area (Å²) >= 11 is 0. The molecular formula is C15H20FNO. The molecule has 0 aromatic heterocycles. The van der Waals surface area contributed by atoms with E-state index in [4.69, 9.17) is 4.74 Å². The molecule has 1 aromatic carbocycles. The van der Waals surface area contributed by atoms with Crippen molar-refractivity contribution in [2.75, 3.05) is 13.2 Å². The summed E-state index contributed by atoms with van der Waals surface area (Å²) in [7, 11) is 0. The first-order valence-corrected chi connectivity index (χ1v) is 6.89. The van der Waals surface area contributed by atoms with Gasteiger partial charge in [0.15, 0.2) is 0 Å². The summed E-state index contributed by atoms with van der Waals surface area (Å²) in [6.07, 6.45) is 4.72. The molecule has 0 spiro atoms. The summed E-state index contributed by atoms with van der Waals surface area (Å²) in [6, 6.07) is 8.17. The molecule has 1 saturated heterocycles. The van der Waals surface area contributed by atoms with E-state index in [0.29, 0.717) is 12.0 Å². The zero-order chi connectivity index (χ0) is 12.4. The van der Waals surface area contributed by atoms with Crippen molar-refractivity contribution >= 4 is 0 Å². The van der Waals surface area contributed by atoms with Gasteiger partial charge in [0, 0.05) is 24.6 Å². The van der Waals surface area contributed by atoms with E-state index in [-0.39, 0.29) is 5.82 Å². The van der Waals surface area contributed by atoms with Crippen LogP contribution >= 0.6 is 0 Å². The lowest BCUT2D eigenvalue weighted by Crippen LogP contribution is -2.44. The van der Waals surface area contributed by atoms with Gasteiger partial charge in [0.25, 0.3) is 0 Å². The second-order valence-corrected chi connectivity index (χ2v) is 5.50. The summed E-state index contributed by atoms with van der Waals surface area (Å²) in [5.74, 6) is 0.358. The maximum Gasteiger partial charge on any atom is 0.123 e. The number of ether oxygens (including phenoxy) is 1. The molecule has 3 heteroatoms. The highest BCUT2D eigenvalue weighted by Gasteiger charge is 2.31. The van der Waals surface area contributed by atoms with E-state index in [1.54, 1.807) is 12.1 Å². The molecule has 18 heavy (non-hydrogen) atoms. The number of hydrogen-bond acceptors (Lipinski definition) is 2. The molecule has 98 valence electrons. The summed E-state index contributed by atoms with van der Waals surface area (Å²) in [5, 5.41) is 3.72. The first-order chi connectivity index (χ1) is 8.81. The molecule has 2 fully saturated rings. The lowest BCUT2D eigenvalue weighted by molar-refractivity contribution is 0.0316. The highest BCUT2D eigenvalue weighted by molar-refractivity contribution is 5.17. The van der Waals surface area contributed by atoms with Crippen molar-refractivity contribution in [3.8, 4) is 0 Å². The Morgan fingerprint density at radius 3 is 2.67 bits per heavy atom. The molecule has 3 rings (SSSR count). The van der Waals surface area contributed by atoms with Crippen LogP contribution in [0.4, 0.5) is 4.39 Å². The lowest BCUT2D eigenvalue weighted by Gasteiger charge is -2.32. The predicted molar refractivity (Wildman–Crippen MR) is 69.0 cm³/mol. The van der Waals surface area contributed by atoms with Gasteiger partial charge in [-0.15, -0.1) is 0 Å². The first-order valence-electron chi connectivity index (χ1n) is 6.89. The lowest BCUT2D eigenvalue weighted by atomic mass is 9.89. The highest BCUT2D eigenvalue weighted by atomic mass is 19.1. The van der Waals surface area contributed by atoms with Gasteiger partial charge in [-0.1, -0.05) is 12.1 Å². The fourth-order valence-electron chi connectivity index (χ4n) is 2.69. The van der Waals surface area contributed by atoms with E-state index < -0.39 is 0 Å². The average molecular weight is 249 g/mol. The van der Waals surface area contributed by atoms with E-state index in [1.165, 1.54) is 18.4 Å². The van der Waals surface area contributed by atoms with E-state index in [2.05, 4.69) is 5.32 Å². The number of halogens is 1. The van der Waals surface area contributed by atoms with Crippen LogP contribution in [0.2, 0.25) is 0 Å². The van der Waals surface area contributed by atoms with Crippen LogP contribution in [0.1, 0.15) is 24.8 Å². The van der Waals surface area contributed by atoms with Crippen LogP contribution in [0, 0.1) is 11.7 Å². The van der Waals surface area contributed by atoms with Gasteiger partial charge in [0.1, 0.15) is 5.82 Å². The van der Waals surface area contributed by atoms with Gasteiger partial charge < -0.3 is 10.1 Å². The molecule has 2 nitrogen and oxygen atoms in total. The van der Waals surface area contributed by atoms with Crippen molar-refractivity contribution in [2.24, 2.45) is 5.92 Å². The van der Waals surface area contributed by atoms with E-state index in [9.17, 15) is 4.39 Å². The zero-order valence-electron chi connectivity index (χ0n) is 10.6. The van der Waals surface area contributed by atoms with E-state index in [0.717, 1.165) is 32.1 Å². The maximum atomic E-state index is 12.9. The van der Waals surface area contributed by atoms with Crippen molar-refractivity contribution in [2.45, 2.75) is 37.8 Å². The van der Waals surface area contributed by atoms with Crippen LogP contribution in [-0.2, 0) is 11.2 Å². The SMILES string of the molecule is Fc1ccc(C[C@H]2COCC[C@@H]2NC2CC2)cc1. The Morgan fingerprint density at radius 2 is 1.94 bits per heavy atom. The molecule has 0 radical (unpaired) electrons. The van der Waals surface area contributed by atoms with Gasteiger partial charge in [-0.25, -0.2) is 4.39 Å². The Balaban J connectivity index is 1.62. The van der Waals surface area contributed by atoms with E-state index >= 15 is 0 Å². The minimum absolute atomic E-state index is 0.161. The van der Waals surface area contributed by atoms with Crippen LogP contribution in [0.5, 0.6) is 0 Å². The molecule has 1 aliphatic carbocycles. The Morgan fingerprint density at radius 1 is 1.17 bits per heavy atom. The normalized spacial score (nSPS) is 28.3. The van der Waals surface area contributed by atoms with Gasteiger partial charge in [-0.2, -0.15) is 0 Å². The first kappa shape index (κ1) is 12.1. The number of nitrogens with one attached hydrogen (secondary N) is 1. The molecule has 1 aliphatic heterocycles. The van der Waals surface area contributed by atoms with Crippen molar-refractivity contribution in [3.05, 3.63) is 35.6 Å². The summed E-state index contributed by atoms with van der Waals surface area (Å²) in [6.45, 7) is 1.69. The Labute approximate surface area is 108 Å². The van der Waals surface area contributed by atoms with Gasteiger partial charge >= 0.3 is 0 Å². The smallest absolute Gasteiger partial charge is 0.123 e. The molecule has 0 bridgehead atoms. The third-order valence-corrected chi connectivity index (χ3v) is 3.91. The quantitative estimate of drug-likeness (QED) is 0.885. The van der Waals surface area contributed by atoms with Crippen LogP contribution in [0.3, 0.4) is 0 Å². The second kappa shape index (κ2) is 5.37. The minimum atomic E-state index is -0.161. The van der Waals surface area contributed by atoms with Crippen molar-refractivity contribution in [1.29, 1.82) is 0 Å². The Bertz CT molecular complexity index is 388. The summed E-state index contributed by atoms with van der Waals surface area (Å²) < 4.78 is 18.5. The average Bonchev–Trinajstić information content (AvgIpc) is 3.18. The van der Waals surface area contributed by atoms with E-state index in [1.807, 2.05) is 12.1 Å². The van der Waals surface area contributed by atoms with Crippen molar-refractivity contribution in [1.82, 2.24) is 5.32 Å². The number of rotatable bonds is 4. The molecule has 0 unspecified atom stereocenters. The fraction of sp³-hybridized carbons (Fsp3) is 0.600. The molecular weight excluding hydrogens is 229 g/mol. The Kier molecular flexibility index (Phi) is 3.62. The summed E-state index contributed by atoms with van der Waals surface area (Å²) in [4.78, 5) is 0. The summed E-state index contributed by atoms with van der Waals surface area (Å²) in [5.41, 5.74) is 1.20. The van der Waals surface area contributed by atoms with Crippen LogP contribution in [-0.4, -0.2) is 25.3 Å². The molecule has 2 aliphatic rings. The van der Waals surface area contributed by atoms with Gasteiger partial charge in [0.05, 0.1) is 6.61 Å². The fourth-order valence-corrected chi connectivity index (χ4v) is 2.69. The largest absolute Gasteiger partial charge is 0.381 e. The third kappa shape index (κ3) is 3.09. The van der Waals surface area contributed by atoms with Crippen molar-refractivity contribution in [3.63, 3.8) is 0 Å². The molecule has 1 aromatic rings. The van der Waals surface area contributed by atoms with Gasteiger partial charge in [0.2, 0.25) is 0 Å². The van der Waals surface area contributed by atoms with Gasteiger partial charge in [-0.3, -0.25) is 0 Å². The van der Waals surface area contributed by atoms with Crippen LogP contribution in [0.15, 0.2) is 24.3 Å². The minimum Gasteiger partial charge on any atom is -0.381 e. The molecule has 1 saturated carbocycles. The van der Waals surface area contributed by atoms with Gasteiger partial charge in [-0.05, 0) is 43.4 Å².